The van der Waals surface area contributed by atoms with Gasteiger partial charge in [0.15, 0.2) is 4.77 Å². The zero-order valence-electron chi connectivity index (χ0n) is 18.4. The molecule has 2 N–H and O–H groups in total. The highest BCUT2D eigenvalue weighted by Crippen LogP contribution is 2.13. The van der Waals surface area contributed by atoms with Crippen molar-refractivity contribution in [2.24, 2.45) is 0 Å². The predicted octanol–water partition coefficient (Wildman–Crippen LogP) is 3.86. The lowest BCUT2D eigenvalue weighted by atomic mass is 10.2. The molecule has 32 heavy (non-hydrogen) atoms. The first-order valence-corrected chi connectivity index (χ1v) is 11.7. The first kappa shape index (κ1) is 22.5. The van der Waals surface area contributed by atoms with E-state index in [1.807, 2.05) is 30.3 Å². The van der Waals surface area contributed by atoms with Crippen molar-refractivity contribution in [2.75, 3.05) is 39.3 Å². The number of hydrogen-bond acceptors (Lipinski definition) is 4. The summed E-state index contributed by atoms with van der Waals surface area (Å²) in [6, 6.07) is 20.4. The molecule has 0 radical (unpaired) electrons. The van der Waals surface area contributed by atoms with Crippen LogP contribution in [0, 0.1) is 4.77 Å². The number of carbonyl (C=O) groups is 1. The average molecular weight is 450 g/mol. The van der Waals surface area contributed by atoms with Gasteiger partial charge in [0.2, 0.25) is 0 Å². The molecule has 2 aromatic carbocycles. The largest absolute Gasteiger partial charge is 0.351 e. The number of imidazole rings is 1. The van der Waals surface area contributed by atoms with Crippen molar-refractivity contribution in [3.8, 4) is 5.69 Å². The minimum absolute atomic E-state index is 0.101. The van der Waals surface area contributed by atoms with Gasteiger partial charge in [0.1, 0.15) is 5.69 Å². The van der Waals surface area contributed by atoms with E-state index in [-0.39, 0.29) is 5.91 Å². The highest BCUT2D eigenvalue weighted by molar-refractivity contribution is 7.71. The first-order valence-electron chi connectivity index (χ1n) is 11.3. The highest BCUT2D eigenvalue weighted by Gasteiger charge is 2.17. The summed E-state index contributed by atoms with van der Waals surface area (Å²) in [4.78, 5) is 20.7. The van der Waals surface area contributed by atoms with E-state index in [2.05, 4.69) is 50.4 Å². The maximum atomic E-state index is 12.7. The number of nitrogens with one attached hydrogen (secondary N) is 2. The Balaban J connectivity index is 1.16. The number of benzene rings is 2. The number of rotatable bonds is 9. The number of carbonyl (C=O) groups excluding carboxylic acids is 1. The van der Waals surface area contributed by atoms with Crippen LogP contribution in [0.1, 0.15) is 28.9 Å². The first-order chi connectivity index (χ1) is 15.7. The Morgan fingerprint density at radius 3 is 2.28 bits per heavy atom. The van der Waals surface area contributed by atoms with E-state index >= 15 is 0 Å². The molecule has 3 aromatic rings. The quantitative estimate of drug-likeness (QED) is 0.385. The molecule has 1 amide bonds. The van der Waals surface area contributed by atoms with Crippen LogP contribution >= 0.6 is 12.2 Å². The van der Waals surface area contributed by atoms with Gasteiger partial charge in [-0.05, 0) is 49.3 Å². The van der Waals surface area contributed by atoms with Gasteiger partial charge < -0.3 is 15.2 Å². The van der Waals surface area contributed by atoms with Gasteiger partial charge in [0.25, 0.3) is 5.91 Å². The van der Waals surface area contributed by atoms with E-state index in [0.717, 1.165) is 57.8 Å². The maximum Gasteiger partial charge on any atom is 0.269 e. The molecule has 1 aliphatic rings. The van der Waals surface area contributed by atoms with Crippen molar-refractivity contribution in [3.63, 3.8) is 0 Å². The third-order valence-corrected chi connectivity index (χ3v) is 6.22. The number of piperazine rings is 1. The lowest BCUT2D eigenvalue weighted by Gasteiger charge is -2.34. The molecule has 7 heteroatoms. The van der Waals surface area contributed by atoms with Gasteiger partial charge in [-0.1, -0.05) is 48.5 Å². The van der Waals surface area contributed by atoms with Gasteiger partial charge in [-0.15, -0.1) is 0 Å². The molecule has 0 unspecified atom stereocenters. The monoisotopic (exact) mass is 449 g/mol. The van der Waals surface area contributed by atoms with E-state index < -0.39 is 0 Å². The van der Waals surface area contributed by atoms with Crippen LogP contribution in [-0.2, 0) is 6.54 Å². The summed E-state index contributed by atoms with van der Waals surface area (Å²) in [5.74, 6) is -0.101. The SMILES string of the molecule is O=C(NCCCCN1CCN(Cc2ccccc2)CC1)c1c[nH]c(=S)n1-c1ccccc1. The average Bonchev–Trinajstić information content (AvgIpc) is 3.22. The van der Waals surface area contributed by atoms with Crippen LogP contribution in [0.2, 0.25) is 0 Å². The molecular weight excluding hydrogens is 418 g/mol. The molecule has 1 fully saturated rings. The summed E-state index contributed by atoms with van der Waals surface area (Å²) in [5.41, 5.74) is 2.81. The normalized spacial score (nSPS) is 15.0. The minimum Gasteiger partial charge on any atom is -0.351 e. The number of hydrogen-bond donors (Lipinski definition) is 2. The van der Waals surface area contributed by atoms with E-state index in [0.29, 0.717) is 17.0 Å². The summed E-state index contributed by atoms with van der Waals surface area (Å²) in [6.45, 7) is 7.24. The van der Waals surface area contributed by atoms with Crippen LogP contribution in [0.25, 0.3) is 5.69 Å². The molecule has 1 aromatic heterocycles. The zero-order chi connectivity index (χ0) is 22.2. The Hall–Kier alpha value is -2.74. The fourth-order valence-electron chi connectivity index (χ4n) is 4.13. The Bertz CT molecular complexity index is 1040. The van der Waals surface area contributed by atoms with Crippen molar-refractivity contribution < 1.29 is 4.79 Å². The fraction of sp³-hybridized carbons (Fsp3) is 0.360. The summed E-state index contributed by atoms with van der Waals surface area (Å²) in [5, 5.41) is 3.04. The minimum atomic E-state index is -0.101. The third kappa shape index (κ3) is 5.94. The smallest absolute Gasteiger partial charge is 0.269 e. The molecule has 6 nitrogen and oxygen atoms in total. The van der Waals surface area contributed by atoms with Crippen molar-refractivity contribution in [2.45, 2.75) is 19.4 Å². The highest BCUT2D eigenvalue weighted by atomic mass is 32.1. The summed E-state index contributed by atoms with van der Waals surface area (Å²) in [7, 11) is 0. The predicted molar refractivity (Wildman–Crippen MR) is 131 cm³/mol. The molecular formula is C25H31N5OS. The van der Waals surface area contributed by atoms with Crippen LogP contribution < -0.4 is 5.32 Å². The van der Waals surface area contributed by atoms with Crippen molar-refractivity contribution in [1.82, 2.24) is 24.7 Å². The molecule has 1 saturated heterocycles. The number of nitrogens with zero attached hydrogens (tertiary/aromatic N) is 3. The van der Waals surface area contributed by atoms with Gasteiger partial charge >= 0.3 is 0 Å². The summed E-state index contributed by atoms with van der Waals surface area (Å²) in [6.07, 6.45) is 3.73. The second kappa shape index (κ2) is 11.2. The van der Waals surface area contributed by atoms with Gasteiger partial charge in [-0.25, -0.2) is 0 Å². The standard InChI is InChI=1S/C25H31N5OS/c31-24(23-19-27-25(32)30(23)22-11-5-2-6-12-22)26-13-7-8-14-28-15-17-29(18-16-28)20-21-9-3-1-4-10-21/h1-6,9-12,19H,7-8,13-18,20H2,(H,26,31)(H,27,32). The third-order valence-electron chi connectivity index (χ3n) is 5.92. The van der Waals surface area contributed by atoms with Crippen LogP contribution in [0.3, 0.4) is 0 Å². The van der Waals surface area contributed by atoms with Gasteiger partial charge in [-0.2, -0.15) is 0 Å². The number of H-pyrrole nitrogens is 1. The van der Waals surface area contributed by atoms with E-state index in [1.165, 1.54) is 5.56 Å². The van der Waals surface area contributed by atoms with Gasteiger partial charge in [0, 0.05) is 51.2 Å². The van der Waals surface area contributed by atoms with Gasteiger partial charge in [0.05, 0.1) is 0 Å². The fourth-order valence-corrected chi connectivity index (χ4v) is 4.40. The number of para-hydroxylation sites is 1. The second-order valence-electron chi connectivity index (χ2n) is 8.22. The number of aromatic nitrogens is 2. The lowest BCUT2D eigenvalue weighted by Crippen LogP contribution is -2.46. The molecule has 0 aliphatic carbocycles. The van der Waals surface area contributed by atoms with Crippen LogP contribution in [0.15, 0.2) is 66.9 Å². The van der Waals surface area contributed by atoms with Crippen molar-refractivity contribution >= 4 is 18.1 Å². The molecule has 1 aliphatic heterocycles. The van der Waals surface area contributed by atoms with E-state index in [1.54, 1.807) is 10.8 Å². The Kier molecular flexibility index (Phi) is 7.87. The molecule has 0 saturated carbocycles. The molecule has 4 rings (SSSR count). The van der Waals surface area contributed by atoms with Crippen molar-refractivity contribution in [1.29, 1.82) is 0 Å². The molecule has 2 heterocycles. The lowest BCUT2D eigenvalue weighted by molar-refractivity contribution is 0.0944. The molecule has 0 atom stereocenters. The Morgan fingerprint density at radius 2 is 1.56 bits per heavy atom. The topological polar surface area (TPSA) is 56.3 Å². The van der Waals surface area contributed by atoms with Crippen molar-refractivity contribution in [3.05, 3.63) is 82.9 Å². The molecule has 168 valence electrons. The van der Waals surface area contributed by atoms with Crippen LogP contribution in [0.4, 0.5) is 0 Å². The number of amides is 1. The number of unbranched alkanes of at least 4 members (excludes halogenated alkanes) is 1. The van der Waals surface area contributed by atoms with E-state index in [9.17, 15) is 4.79 Å². The zero-order valence-corrected chi connectivity index (χ0v) is 19.2. The Labute approximate surface area is 194 Å². The van der Waals surface area contributed by atoms with Gasteiger partial charge in [-0.3, -0.25) is 14.3 Å². The van der Waals surface area contributed by atoms with Crippen LogP contribution in [-0.4, -0.2) is 64.5 Å². The number of aromatic amines is 1. The summed E-state index contributed by atoms with van der Waals surface area (Å²) < 4.78 is 2.30. The Morgan fingerprint density at radius 1 is 0.906 bits per heavy atom. The van der Waals surface area contributed by atoms with E-state index in [4.69, 9.17) is 12.2 Å². The van der Waals surface area contributed by atoms with Crippen LogP contribution in [0.5, 0.6) is 0 Å². The second-order valence-corrected chi connectivity index (χ2v) is 8.60. The maximum absolute atomic E-state index is 12.7. The molecule has 0 spiro atoms. The summed E-state index contributed by atoms with van der Waals surface area (Å²) >= 11 is 5.36. The molecule has 0 bridgehead atoms.